The maximum absolute atomic E-state index is 13.0. The van der Waals surface area contributed by atoms with Crippen LogP contribution in [0.1, 0.15) is 45.6 Å². The number of imidazole rings is 1. The number of nitrogens with zero attached hydrogens (tertiary/aromatic N) is 7. The maximum atomic E-state index is 13.0. The van der Waals surface area contributed by atoms with E-state index in [9.17, 15) is 4.79 Å². The minimum Gasteiger partial charge on any atom is -0.322 e. The lowest BCUT2D eigenvalue weighted by Crippen LogP contribution is -2.52. The number of likely N-dealkylation sites (N-methyl/N-ethyl adjacent to an activating group) is 1. The van der Waals surface area contributed by atoms with Crippen LogP contribution in [-0.2, 0) is 6.54 Å². The van der Waals surface area contributed by atoms with Gasteiger partial charge in [0, 0.05) is 68.6 Å². The minimum atomic E-state index is -0.212. The van der Waals surface area contributed by atoms with Gasteiger partial charge < -0.3 is 10.2 Å². The Morgan fingerprint density at radius 2 is 1.83 bits per heavy atom. The van der Waals surface area contributed by atoms with E-state index in [4.69, 9.17) is 0 Å². The molecule has 0 atom stereocenters. The summed E-state index contributed by atoms with van der Waals surface area (Å²) in [5.74, 6) is 5.94. The van der Waals surface area contributed by atoms with Crippen molar-refractivity contribution in [2.75, 3.05) is 51.6 Å². The number of hydrogen-bond acceptors (Lipinski definition) is 7. The molecule has 0 unspecified atom stereocenters. The first-order valence-electron chi connectivity index (χ1n) is 14.3. The summed E-state index contributed by atoms with van der Waals surface area (Å²) in [6, 6.07) is 12.4. The second kappa shape index (κ2) is 12.2. The van der Waals surface area contributed by atoms with Gasteiger partial charge in [-0.15, -0.1) is 0 Å². The first kappa shape index (κ1) is 27.1. The molecule has 9 nitrogen and oxygen atoms in total. The Morgan fingerprint density at radius 3 is 2.63 bits per heavy atom. The van der Waals surface area contributed by atoms with Crippen LogP contribution in [0.3, 0.4) is 0 Å². The highest BCUT2D eigenvalue weighted by molar-refractivity contribution is 6.04. The average Bonchev–Trinajstić information content (AvgIpc) is 3.41. The lowest BCUT2D eigenvalue weighted by Gasteiger charge is -2.42. The van der Waals surface area contributed by atoms with Crippen LogP contribution in [0.2, 0.25) is 0 Å². The Morgan fingerprint density at radius 1 is 1.00 bits per heavy atom. The predicted octanol–water partition coefficient (Wildman–Crippen LogP) is 3.30. The van der Waals surface area contributed by atoms with Gasteiger partial charge in [0.15, 0.2) is 5.65 Å². The zero-order valence-corrected chi connectivity index (χ0v) is 23.8. The Bertz CT molecular complexity index is 1590. The van der Waals surface area contributed by atoms with Gasteiger partial charge in [0.2, 0.25) is 0 Å². The van der Waals surface area contributed by atoms with E-state index >= 15 is 0 Å². The van der Waals surface area contributed by atoms with E-state index in [1.54, 1.807) is 35.4 Å². The summed E-state index contributed by atoms with van der Waals surface area (Å²) in [5, 5.41) is 7.30. The Kier molecular flexibility index (Phi) is 8.05. The normalized spacial score (nSPS) is 17.3. The van der Waals surface area contributed by atoms with Gasteiger partial charge in [0.05, 0.1) is 11.8 Å². The number of benzene rings is 1. The largest absolute Gasteiger partial charge is 0.322 e. The van der Waals surface area contributed by atoms with E-state index in [2.05, 4.69) is 73.0 Å². The number of amides is 1. The van der Waals surface area contributed by atoms with Gasteiger partial charge in [-0.1, -0.05) is 12.0 Å². The average molecular weight is 549 g/mol. The first-order chi connectivity index (χ1) is 20.0. The number of nitrogens with one attached hydrogen (secondary N) is 1. The molecule has 0 radical (unpaired) electrons. The summed E-state index contributed by atoms with van der Waals surface area (Å²) in [6.45, 7) is 10.1. The summed E-state index contributed by atoms with van der Waals surface area (Å²) >= 11 is 0. The van der Waals surface area contributed by atoms with Crippen LogP contribution in [0.5, 0.6) is 0 Å². The number of piperazine rings is 1. The van der Waals surface area contributed by atoms with Crippen LogP contribution in [0, 0.1) is 18.8 Å². The maximum Gasteiger partial charge on any atom is 0.257 e. The van der Waals surface area contributed by atoms with Crippen LogP contribution in [0.25, 0.3) is 5.65 Å². The SMILES string of the molecule is Cc1cc(NC(=O)c2cncc(C#Cc3cnc4cccnn34)c2)ccc1CN1CCC(N2CCN(C)CC2)CC1. The van der Waals surface area contributed by atoms with Crippen molar-refractivity contribution >= 4 is 17.2 Å². The summed E-state index contributed by atoms with van der Waals surface area (Å²) in [5.41, 5.74) is 5.77. The number of rotatable bonds is 5. The third-order valence-corrected chi connectivity index (χ3v) is 8.22. The molecule has 3 aromatic heterocycles. The zero-order valence-electron chi connectivity index (χ0n) is 23.8. The van der Waals surface area contributed by atoms with E-state index < -0.39 is 0 Å². The van der Waals surface area contributed by atoms with Crippen LogP contribution < -0.4 is 5.32 Å². The number of hydrogen-bond donors (Lipinski definition) is 1. The molecule has 1 N–H and O–H groups in total. The number of pyridine rings is 1. The standard InChI is InChI=1S/C32H36N8O/c1-24-18-28(7-6-26(24)23-38-12-9-29(10-13-38)39-16-14-37(2)15-17-39)36-32(41)27-19-25(20-33-21-27)5-8-30-22-34-31-4-3-11-35-40(30)31/h3-4,6-7,11,18-22,29H,9-10,12-17,23H2,1-2H3,(H,36,41). The second-order valence-corrected chi connectivity index (χ2v) is 11.1. The summed E-state index contributed by atoms with van der Waals surface area (Å²) in [4.78, 5) is 29.2. The topological polar surface area (TPSA) is 81.9 Å². The number of carbonyl (C=O) groups is 1. The number of anilines is 1. The van der Waals surface area contributed by atoms with E-state index in [0.29, 0.717) is 16.8 Å². The zero-order chi connectivity index (χ0) is 28.2. The van der Waals surface area contributed by atoms with Gasteiger partial charge >= 0.3 is 0 Å². The minimum absolute atomic E-state index is 0.212. The molecule has 0 spiro atoms. The van der Waals surface area contributed by atoms with Gasteiger partial charge in [-0.05, 0) is 87.3 Å². The Balaban J connectivity index is 1.04. The van der Waals surface area contributed by atoms with Gasteiger partial charge in [0.25, 0.3) is 5.91 Å². The molecule has 0 saturated carbocycles. The number of likely N-dealkylation sites (tertiary alicyclic amines) is 1. The molecule has 9 heteroatoms. The van der Waals surface area contributed by atoms with Crippen molar-refractivity contribution in [2.45, 2.75) is 32.4 Å². The highest BCUT2D eigenvalue weighted by Gasteiger charge is 2.26. The monoisotopic (exact) mass is 548 g/mol. The molecular weight excluding hydrogens is 512 g/mol. The number of aromatic nitrogens is 4. The molecule has 41 heavy (non-hydrogen) atoms. The quantitative estimate of drug-likeness (QED) is 0.383. The van der Waals surface area contributed by atoms with Gasteiger partial charge in [0.1, 0.15) is 5.69 Å². The highest BCUT2D eigenvalue weighted by Crippen LogP contribution is 2.22. The molecule has 6 rings (SSSR count). The van der Waals surface area contributed by atoms with Crippen molar-refractivity contribution in [3.63, 3.8) is 0 Å². The molecule has 0 bridgehead atoms. The molecule has 4 aromatic rings. The summed E-state index contributed by atoms with van der Waals surface area (Å²) < 4.78 is 1.68. The Hall–Kier alpha value is -4.10. The van der Waals surface area contributed by atoms with Crippen molar-refractivity contribution in [3.05, 3.63) is 89.1 Å². The van der Waals surface area contributed by atoms with Crippen molar-refractivity contribution in [2.24, 2.45) is 0 Å². The van der Waals surface area contributed by atoms with Crippen molar-refractivity contribution in [3.8, 4) is 11.8 Å². The fourth-order valence-corrected chi connectivity index (χ4v) is 5.71. The summed E-state index contributed by atoms with van der Waals surface area (Å²) in [6.07, 6.45) is 9.06. The molecule has 0 aliphatic carbocycles. The van der Waals surface area contributed by atoms with E-state index in [1.165, 1.54) is 50.1 Å². The third kappa shape index (κ3) is 6.46. The van der Waals surface area contributed by atoms with Gasteiger partial charge in [-0.25, -0.2) is 9.50 Å². The van der Waals surface area contributed by atoms with Crippen molar-refractivity contribution in [1.82, 2.24) is 34.3 Å². The second-order valence-electron chi connectivity index (χ2n) is 11.1. The lowest BCUT2D eigenvalue weighted by molar-refractivity contribution is 0.0657. The first-order valence-corrected chi connectivity index (χ1v) is 14.3. The molecule has 2 saturated heterocycles. The summed E-state index contributed by atoms with van der Waals surface area (Å²) in [7, 11) is 2.22. The predicted molar refractivity (Wildman–Crippen MR) is 160 cm³/mol. The van der Waals surface area contributed by atoms with Crippen molar-refractivity contribution < 1.29 is 4.79 Å². The molecule has 1 amide bonds. The molecular formula is C32H36N8O. The number of carbonyl (C=O) groups excluding carboxylic acids is 1. The third-order valence-electron chi connectivity index (χ3n) is 8.22. The molecule has 210 valence electrons. The fraction of sp³-hybridized carbons (Fsp3) is 0.375. The smallest absolute Gasteiger partial charge is 0.257 e. The molecule has 2 aliphatic heterocycles. The van der Waals surface area contributed by atoms with E-state index in [1.807, 2.05) is 18.2 Å². The van der Waals surface area contributed by atoms with Gasteiger partial charge in [-0.2, -0.15) is 5.10 Å². The van der Waals surface area contributed by atoms with Crippen LogP contribution in [0.4, 0.5) is 5.69 Å². The molecule has 2 aliphatic rings. The van der Waals surface area contributed by atoms with Crippen molar-refractivity contribution in [1.29, 1.82) is 0 Å². The number of aryl methyl sites for hydroxylation is 1. The molecule has 5 heterocycles. The van der Waals surface area contributed by atoms with E-state index in [-0.39, 0.29) is 5.91 Å². The van der Waals surface area contributed by atoms with E-state index in [0.717, 1.165) is 37.0 Å². The Labute approximate surface area is 241 Å². The number of fused-ring (bicyclic) bond motifs is 1. The van der Waals surface area contributed by atoms with Crippen LogP contribution in [-0.4, -0.2) is 92.5 Å². The van der Waals surface area contributed by atoms with Crippen LogP contribution >= 0.6 is 0 Å². The van der Waals surface area contributed by atoms with Crippen LogP contribution in [0.15, 0.2) is 61.2 Å². The van der Waals surface area contributed by atoms with Gasteiger partial charge in [-0.3, -0.25) is 19.6 Å². The molecule has 2 fully saturated rings. The highest BCUT2D eigenvalue weighted by atomic mass is 16.1. The fourth-order valence-electron chi connectivity index (χ4n) is 5.71. The number of piperidine rings is 1. The lowest BCUT2D eigenvalue weighted by atomic mass is 10.0. The molecule has 1 aromatic carbocycles.